The zero-order valence-electron chi connectivity index (χ0n) is 21.1. The molecule has 0 amide bonds. The molecule has 2 radical (unpaired) electrons. The molecule has 16 heteroatoms. The van der Waals surface area contributed by atoms with E-state index in [-0.39, 0.29) is 68.8 Å². The fraction of sp³-hybridized carbons (Fsp3) is 0.348. The van der Waals surface area contributed by atoms with E-state index in [4.69, 9.17) is 41.0 Å². The van der Waals surface area contributed by atoms with Crippen LogP contribution in [-0.4, -0.2) is 86.4 Å². The van der Waals surface area contributed by atoms with E-state index >= 15 is 0 Å². The van der Waals surface area contributed by atoms with Crippen LogP contribution in [0.4, 0.5) is 13.2 Å². The number of ketones is 1. The number of allylic oxidation sites excluding steroid dienone is 1. The maximum atomic E-state index is 12.3. The summed E-state index contributed by atoms with van der Waals surface area (Å²) in [7, 11) is 3.00. The zero-order chi connectivity index (χ0) is 30.7. The molecule has 1 unspecified atom stereocenters. The van der Waals surface area contributed by atoms with Gasteiger partial charge in [-0.1, -0.05) is 12.1 Å². The van der Waals surface area contributed by atoms with Gasteiger partial charge >= 0.3 is 5.51 Å². The van der Waals surface area contributed by atoms with E-state index in [2.05, 4.69) is 25.2 Å². The number of benzene rings is 1. The molecule has 39 heavy (non-hydrogen) atoms. The normalized spacial score (nSPS) is 10.5. The molecule has 0 saturated carbocycles. The van der Waals surface area contributed by atoms with Crippen LogP contribution in [0, 0.1) is 13.0 Å². The molecule has 1 aromatic rings. The largest absolute Gasteiger partial charge is 0.545 e. The number of halogens is 3. The van der Waals surface area contributed by atoms with Crippen molar-refractivity contribution >= 4 is 43.9 Å². The average molecular weight is 669 g/mol. The number of rotatable bonds is 7. The number of thioether (sulfide) groups is 1. The van der Waals surface area contributed by atoms with Gasteiger partial charge in [0.25, 0.3) is 5.54 Å². The minimum absolute atomic E-state index is 0. The van der Waals surface area contributed by atoms with Crippen molar-refractivity contribution < 1.29 is 90.8 Å². The molecule has 3 N–H and O–H groups in total. The van der Waals surface area contributed by atoms with Crippen LogP contribution in [0.5, 0.6) is 0 Å². The van der Waals surface area contributed by atoms with Crippen molar-refractivity contribution in [3.05, 3.63) is 59.3 Å². The van der Waals surface area contributed by atoms with Gasteiger partial charge in [0, 0.05) is 72.3 Å². The first kappa shape index (κ1) is 52.9. The second-order valence-electron chi connectivity index (χ2n) is 5.65. The van der Waals surface area contributed by atoms with Crippen LogP contribution >= 0.6 is 11.8 Å². The van der Waals surface area contributed by atoms with E-state index in [9.17, 15) is 22.8 Å². The summed E-state index contributed by atoms with van der Waals surface area (Å²) in [6, 6.07) is 4.99. The van der Waals surface area contributed by atoms with Crippen LogP contribution in [-0.2, 0) is 57.5 Å². The Morgan fingerprint density at radius 1 is 0.949 bits per heavy atom. The quantitative estimate of drug-likeness (QED) is 0.129. The molecule has 0 aliphatic heterocycles. The number of carbonyl (C=O) groups is 2. The molecule has 10 nitrogen and oxygen atoms in total. The van der Waals surface area contributed by atoms with Crippen LogP contribution in [0.25, 0.3) is 4.85 Å². The third kappa shape index (κ3) is 28.3. The predicted octanol–water partition coefficient (Wildman–Crippen LogP) is 2.23. The van der Waals surface area contributed by atoms with E-state index < -0.39 is 22.8 Å². The van der Waals surface area contributed by atoms with Gasteiger partial charge in [-0.25, -0.2) is 19.1 Å². The molecule has 228 valence electrons. The number of hydrogen-bond acceptors (Lipinski definition) is 10. The van der Waals surface area contributed by atoms with Gasteiger partial charge in [0.2, 0.25) is 5.97 Å². The summed E-state index contributed by atoms with van der Waals surface area (Å²) in [5.74, 6) is -0.953. The number of ether oxygens (including phenoxy) is 1. The number of aliphatic hydroxyl groups is 3. The van der Waals surface area contributed by atoms with Crippen molar-refractivity contribution in [2.45, 2.75) is 29.3 Å². The Bertz CT molecular complexity index is 820. The summed E-state index contributed by atoms with van der Waals surface area (Å²) in [6.45, 7) is 18.2. The molecule has 1 aliphatic carbocycles. The molecule has 1 atom stereocenters. The van der Waals surface area contributed by atoms with Crippen molar-refractivity contribution in [1.29, 1.82) is 0 Å². The first-order valence-electron chi connectivity index (χ1n) is 9.16. The minimum Gasteiger partial charge on any atom is -0.545 e. The second-order valence-corrected chi connectivity index (χ2v) is 6.78. The third-order valence-corrected chi connectivity index (χ3v) is 4.04. The SMILES string of the molecule is CO.CO.CO.[C-]#[N+]C(C)(COC(=O)C1=C[CH-]1)CC(=O)c1ccc(SC(F)(F)F)cc1.[CH-]=O.[CH-]=O.[CH-]=O.[Co].[Co]. The molecule has 0 heterocycles. The molecule has 0 aromatic heterocycles. The Balaban J connectivity index is -0.000000129. The molecular formula is C23H28Co2F3NO9S-4. The number of Topliss-reactive ketones (excluding diaryl/α,β-unsaturated/α-hetero) is 1. The van der Waals surface area contributed by atoms with Crippen LogP contribution in [0.3, 0.4) is 0 Å². The van der Waals surface area contributed by atoms with E-state index in [0.717, 1.165) is 21.3 Å². The number of alkyl halides is 3. The summed E-state index contributed by atoms with van der Waals surface area (Å²) >= 11 is -0.267. The molecule has 0 saturated heterocycles. The minimum atomic E-state index is -4.40. The summed E-state index contributed by atoms with van der Waals surface area (Å²) in [6.07, 6.45) is 2.94. The molecule has 1 aromatic carbocycles. The maximum Gasteiger partial charge on any atom is 0.446 e. The van der Waals surface area contributed by atoms with Gasteiger partial charge < -0.3 is 44.1 Å². The Morgan fingerprint density at radius 2 is 1.33 bits per heavy atom. The van der Waals surface area contributed by atoms with Crippen LogP contribution < -0.4 is 0 Å². The monoisotopic (exact) mass is 669 g/mol. The van der Waals surface area contributed by atoms with Gasteiger partial charge in [-0.05, 0) is 23.9 Å². The standard InChI is InChI=1S/C17H13F3NO3S.3CH4O.3CHO.2Co/c1-16(21-2,10-24-15(23)12-3-4-12)9-14(22)11-5-7-13(8-6-11)25-17(18,19)20;6*1-2;;/h3-8H,9-10H2,1H3;3*2H,1H3;3*1H;;/q-1;;;;3*-1;;. The Labute approximate surface area is 250 Å². The number of hydrogen-bond donors (Lipinski definition) is 3. The number of aliphatic hydroxyl groups excluding tert-OH is 3. The van der Waals surface area contributed by atoms with Crippen molar-refractivity contribution in [3.8, 4) is 0 Å². The first-order valence-corrected chi connectivity index (χ1v) is 9.98. The Hall–Kier alpha value is -2.50. The van der Waals surface area contributed by atoms with Crippen LogP contribution in [0.15, 0.2) is 40.8 Å². The maximum absolute atomic E-state index is 12.3. The second kappa shape index (κ2) is 33.5. The predicted molar refractivity (Wildman–Crippen MR) is 130 cm³/mol. The summed E-state index contributed by atoms with van der Waals surface area (Å²) in [4.78, 5) is 50.3. The summed E-state index contributed by atoms with van der Waals surface area (Å²) in [5, 5.41) is 21.0. The molecule has 0 bridgehead atoms. The topological polar surface area (TPSA) is 160 Å². The van der Waals surface area contributed by atoms with Crippen molar-refractivity contribution in [2.24, 2.45) is 0 Å². The Morgan fingerprint density at radius 3 is 1.64 bits per heavy atom. The van der Waals surface area contributed by atoms with Crippen molar-refractivity contribution in [1.82, 2.24) is 0 Å². The number of carbonyl (C=O) groups excluding carboxylic acids is 5. The molecule has 1 aliphatic rings. The van der Waals surface area contributed by atoms with Crippen molar-refractivity contribution in [2.75, 3.05) is 27.9 Å². The van der Waals surface area contributed by atoms with Crippen LogP contribution in [0.1, 0.15) is 23.7 Å². The molecular weight excluding hydrogens is 641 g/mol. The van der Waals surface area contributed by atoms with Crippen molar-refractivity contribution in [3.63, 3.8) is 0 Å². The Kier molecular flexibility index (Phi) is 45.4. The van der Waals surface area contributed by atoms with E-state index in [1.807, 2.05) is 0 Å². The fourth-order valence-electron chi connectivity index (χ4n) is 1.90. The molecule has 2 rings (SSSR count). The van der Waals surface area contributed by atoms with Gasteiger partial charge in [0.15, 0.2) is 12.4 Å². The van der Waals surface area contributed by atoms with Gasteiger partial charge in [0.1, 0.15) is 0 Å². The van der Waals surface area contributed by atoms with E-state index in [0.29, 0.717) is 5.57 Å². The molecule has 0 fully saturated rings. The fourth-order valence-corrected chi connectivity index (χ4v) is 2.43. The van der Waals surface area contributed by atoms with Gasteiger partial charge in [0.05, 0.1) is 6.42 Å². The first-order chi connectivity index (χ1) is 17.6. The number of esters is 1. The molecule has 0 spiro atoms. The summed E-state index contributed by atoms with van der Waals surface area (Å²) < 4.78 is 41.9. The smallest absolute Gasteiger partial charge is 0.446 e. The summed E-state index contributed by atoms with van der Waals surface area (Å²) in [5.41, 5.74) is -5.00. The van der Waals surface area contributed by atoms with E-state index in [1.165, 1.54) is 31.2 Å². The van der Waals surface area contributed by atoms with Crippen LogP contribution in [0.2, 0.25) is 0 Å². The van der Waals surface area contributed by atoms with Gasteiger partial charge in [-0.3, -0.25) is 25.2 Å². The van der Waals surface area contributed by atoms with Gasteiger partial charge in [-0.2, -0.15) is 13.2 Å². The van der Waals surface area contributed by atoms with Gasteiger partial charge in [-0.15, -0.1) is 5.57 Å². The zero-order valence-corrected chi connectivity index (χ0v) is 24.0. The number of nitrogens with zero attached hydrogens (tertiary/aromatic N) is 1. The van der Waals surface area contributed by atoms with E-state index in [1.54, 1.807) is 12.5 Å². The average Bonchev–Trinajstić information content (AvgIpc) is 3.79. The third-order valence-electron chi connectivity index (χ3n) is 3.30.